The van der Waals surface area contributed by atoms with Gasteiger partial charge in [0.25, 0.3) is 0 Å². The van der Waals surface area contributed by atoms with Gasteiger partial charge in [-0.25, -0.2) is 26.3 Å². The van der Waals surface area contributed by atoms with E-state index in [1.165, 1.54) is 0 Å². The minimum absolute atomic E-state index is 0.0639. The first kappa shape index (κ1) is 53.8. The number of allylic oxidation sites excluding steroid dienone is 16. The van der Waals surface area contributed by atoms with Gasteiger partial charge in [0, 0.05) is 0 Å². The fourth-order valence-electron chi connectivity index (χ4n) is 11.6. The molecule has 4 aliphatic carbocycles. The van der Waals surface area contributed by atoms with Crippen LogP contribution in [0, 0.1) is 10.8 Å². The minimum Gasteiger partial charge on any atom is -0.209 e. The van der Waals surface area contributed by atoms with E-state index in [1.807, 2.05) is 0 Å². The normalized spacial score (nSPS) is 16.5. The third-order valence-electron chi connectivity index (χ3n) is 14.3. The molecule has 0 atom stereocenters. The highest BCUT2D eigenvalue weighted by atomic mass is 35.5. The van der Waals surface area contributed by atoms with Crippen LogP contribution in [0.4, 0.5) is 26.3 Å². The summed E-state index contributed by atoms with van der Waals surface area (Å²) in [5.41, 5.74) is -4.29. The highest BCUT2D eigenvalue weighted by Crippen LogP contribution is 2.75. The van der Waals surface area contributed by atoms with Gasteiger partial charge < -0.3 is 0 Å². The number of alkyl halides is 4. The average molecular weight is 1120 g/mol. The van der Waals surface area contributed by atoms with Crippen molar-refractivity contribution in [2.45, 2.75) is 0 Å². The molecule has 12 rings (SSSR count). The van der Waals surface area contributed by atoms with Crippen molar-refractivity contribution < 1.29 is 26.3 Å². The van der Waals surface area contributed by atoms with Gasteiger partial charge in [-0.15, -0.1) is 46.4 Å². The molecule has 0 saturated carbocycles. The molecule has 0 amide bonds. The molecule has 0 fully saturated rings. The van der Waals surface area contributed by atoms with Crippen molar-refractivity contribution in [1.82, 2.24) is 0 Å². The molecule has 10 heteroatoms. The Morgan fingerprint density at radius 3 is 0.538 bits per heavy atom. The van der Waals surface area contributed by atoms with Gasteiger partial charge in [-0.3, -0.25) is 0 Å². The average Bonchev–Trinajstić information content (AvgIpc) is 2.61. The monoisotopic (exact) mass is 1110 g/mol. The second-order valence-corrected chi connectivity index (χ2v) is 19.9. The second kappa shape index (κ2) is 23.2. The lowest BCUT2D eigenvalue weighted by Gasteiger charge is -2.42. The van der Waals surface area contributed by atoms with Crippen molar-refractivity contribution in [3.8, 4) is 0 Å². The van der Waals surface area contributed by atoms with Crippen LogP contribution in [0.25, 0.3) is 44.6 Å². The van der Waals surface area contributed by atoms with Crippen molar-refractivity contribution >= 4 is 91.0 Å². The largest absolute Gasteiger partial charge is 0.209 e. The Balaban J connectivity index is 0.00000110. The summed E-state index contributed by atoms with van der Waals surface area (Å²) in [4.78, 5) is 0. The molecule has 0 radical (unpaired) electrons. The van der Waals surface area contributed by atoms with E-state index in [9.17, 15) is 0 Å². The van der Waals surface area contributed by atoms with Gasteiger partial charge in [0.1, 0.15) is 22.5 Å². The van der Waals surface area contributed by atoms with Gasteiger partial charge in [0.15, 0.2) is 23.3 Å². The molecule has 2 spiro atoms. The Labute approximate surface area is 469 Å². The molecule has 0 aliphatic heterocycles. The molecule has 0 nitrogen and oxygen atoms in total. The SMILES string of the molecule is ClCCl.ClCCl.FC1=C(F)C2(C(F)=C3C(F)=C(F)C4(C(F)=C13)C(c1ccccc1)=C(c1ccccc1)C(c1ccccc1)=C4c1ccccc1)C(c1ccccc1)=C(c1ccccc1)C(c1ccccc1)=C2c1ccccc1. The van der Waals surface area contributed by atoms with Crippen molar-refractivity contribution in [2.75, 3.05) is 10.7 Å². The van der Waals surface area contributed by atoms with Gasteiger partial charge in [-0.1, -0.05) is 243 Å². The van der Waals surface area contributed by atoms with E-state index >= 15 is 26.3 Å². The van der Waals surface area contributed by atoms with Crippen LogP contribution in [0.5, 0.6) is 0 Å². The number of hydrogen-bond acceptors (Lipinski definition) is 0. The Morgan fingerprint density at radius 2 is 0.372 bits per heavy atom. The van der Waals surface area contributed by atoms with Crippen LogP contribution in [0.2, 0.25) is 0 Å². The zero-order valence-electron chi connectivity index (χ0n) is 41.3. The van der Waals surface area contributed by atoms with Gasteiger partial charge >= 0.3 is 0 Å². The molecule has 0 unspecified atom stereocenters. The summed E-state index contributed by atoms with van der Waals surface area (Å²) in [6.45, 7) is 0. The number of rotatable bonds is 8. The molecular formula is C68H44Cl4F6. The van der Waals surface area contributed by atoms with Crippen molar-refractivity contribution in [3.05, 3.63) is 333 Å². The molecule has 0 bridgehead atoms. The van der Waals surface area contributed by atoms with E-state index in [-0.39, 0.29) is 55.2 Å². The highest BCUT2D eigenvalue weighted by Gasteiger charge is 2.65. The maximum atomic E-state index is 19.7. The molecule has 8 aromatic rings. The van der Waals surface area contributed by atoms with Crippen molar-refractivity contribution in [2.24, 2.45) is 10.8 Å². The predicted molar refractivity (Wildman–Crippen MR) is 312 cm³/mol. The van der Waals surface area contributed by atoms with Gasteiger partial charge in [-0.05, 0) is 89.1 Å². The lowest BCUT2D eigenvalue weighted by atomic mass is 9.60. The zero-order valence-corrected chi connectivity index (χ0v) is 44.3. The quantitative estimate of drug-likeness (QED) is 0.105. The van der Waals surface area contributed by atoms with E-state index in [0.29, 0.717) is 44.5 Å². The Hall–Kier alpha value is -7.58. The number of hydrogen-bond donors (Lipinski definition) is 0. The van der Waals surface area contributed by atoms with Crippen LogP contribution < -0.4 is 0 Å². The van der Waals surface area contributed by atoms with E-state index in [4.69, 9.17) is 46.4 Å². The molecule has 8 aromatic carbocycles. The molecule has 4 aliphatic rings. The Bertz CT molecular complexity index is 3330. The number of benzene rings is 8. The molecule has 386 valence electrons. The molecule has 0 aromatic heterocycles. The topological polar surface area (TPSA) is 0 Å². The number of halogens is 10. The van der Waals surface area contributed by atoms with Gasteiger partial charge in [0.05, 0.1) is 21.8 Å². The van der Waals surface area contributed by atoms with E-state index in [1.54, 1.807) is 243 Å². The predicted octanol–water partition coefficient (Wildman–Crippen LogP) is 21.0. The summed E-state index contributed by atoms with van der Waals surface area (Å²) >= 11 is 19.1. The minimum atomic E-state index is -2.93. The van der Waals surface area contributed by atoms with Crippen LogP contribution >= 0.6 is 46.4 Å². The third-order valence-corrected chi connectivity index (χ3v) is 14.3. The Morgan fingerprint density at radius 1 is 0.218 bits per heavy atom. The number of fused-ring (bicyclic) bond motifs is 1. The molecular weight excluding hydrogens is 1070 g/mol. The van der Waals surface area contributed by atoms with E-state index in [2.05, 4.69) is 0 Å². The lowest BCUT2D eigenvalue weighted by Crippen LogP contribution is -2.35. The van der Waals surface area contributed by atoms with Crippen LogP contribution in [0.3, 0.4) is 0 Å². The van der Waals surface area contributed by atoms with Crippen LogP contribution in [0.1, 0.15) is 44.5 Å². The van der Waals surface area contributed by atoms with Gasteiger partial charge in [-0.2, -0.15) is 0 Å². The summed E-state index contributed by atoms with van der Waals surface area (Å²) in [5, 5.41) is 0.389. The fraction of sp³-hybridized carbons (Fsp3) is 0.0588. The first-order chi connectivity index (χ1) is 38.1. The lowest BCUT2D eigenvalue weighted by molar-refractivity contribution is 0.354. The zero-order chi connectivity index (χ0) is 54.6. The maximum Gasteiger partial charge on any atom is 0.167 e. The Kier molecular flexibility index (Phi) is 16.0. The van der Waals surface area contributed by atoms with Crippen LogP contribution in [0.15, 0.2) is 289 Å². The van der Waals surface area contributed by atoms with Crippen LogP contribution in [-0.2, 0) is 0 Å². The summed E-state index contributed by atoms with van der Waals surface area (Å²) < 4.78 is 116. The summed E-state index contributed by atoms with van der Waals surface area (Å²) in [6.07, 6.45) is 0. The van der Waals surface area contributed by atoms with Crippen molar-refractivity contribution in [1.29, 1.82) is 0 Å². The molecule has 0 N–H and O–H groups in total. The summed E-state index contributed by atoms with van der Waals surface area (Å²) in [6, 6.07) is 69.4. The first-order valence-corrected chi connectivity index (χ1v) is 26.9. The molecule has 0 heterocycles. The third kappa shape index (κ3) is 8.76. The highest BCUT2D eigenvalue weighted by molar-refractivity contribution is 6.41. The van der Waals surface area contributed by atoms with Gasteiger partial charge in [0.2, 0.25) is 0 Å². The fourth-order valence-corrected chi connectivity index (χ4v) is 11.6. The maximum absolute atomic E-state index is 19.7. The second-order valence-electron chi connectivity index (χ2n) is 18.3. The first-order valence-electron chi connectivity index (χ1n) is 24.7. The molecule has 0 saturated heterocycles. The summed E-state index contributed by atoms with van der Waals surface area (Å²) in [7, 11) is 0. The standard InChI is InChI=1S/C66H40F6.2CH2Cl2/c67-59-54-53(61(69)65(63(59)71)55(45-33-17-5-18-34-45)49(41-25-9-1-10-26-41)50(42-27-11-2-12-28-42)56(65)46-35-19-6-20-36-46)60(68)64(72)66(62(54)70)57(47-37-21-7-22-38-47)51(43-29-13-3-14-30-43)52(44-31-15-4-16-32-44)58(66)48-39-23-8-24-40-48;2*2-1-3/h1-40H;2*1H2. The molecule has 78 heavy (non-hydrogen) atoms. The smallest absolute Gasteiger partial charge is 0.167 e. The van der Waals surface area contributed by atoms with Crippen LogP contribution in [-0.4, -0.2) is 10.7 Å². The van der Waals surface area contributed by atoms with E-state index < -0.39 is 56.9 Å². The van der Waals surface area contributed by atoms with E-state index in [0.717, 1.165) is 0 Å². The van der Waals surface area contributed by atoms with Crippen molar-refractivity contribution in [3.63, 3.8) is 0 Å². The summed E-state index contributed by atoms with van der Waals surface area (Å²) in [5.74, 6) is -10.3.